The average Bonchev–Trinajstić information content (AvgIpc) is 2.42. The summed E-state index contributed by atoms with van der Waals surface area (Å²) in [7, 11) is 0. The van der Waals surface area contributed by atoms with Gasteiger partial charge in [-0.15, -0.1) is 0 Å². The number of rotatable bonds is 3. The van der Waals surface area contributed by atoms with Crippen molar-refractivity contribution in [2.75, 3.05) is 0 Å². The van der Waals surface area contributed by atoms with Crippen LogP contribution in [0.5, 0.6) is 5.75 Å². The fourth-order valence-corrected chi connectivity index (χ4v) is 3.03. The maximum atomic E-state index is 10.9. The molecule has 0 saturated carbocycles. The molecule has 0 unspecified atom stereocenters. The van der Waals surface area contributed by atoms with Crippen LogP contribution in [0.1, 0.15) is 11.1 Å². The number of aliphatic imine (C=N–C) groups is 1. The summed E-state index contributed by atoms with van der Waals surface area (Å²) in [6.45, 7) is 1.64. The SMILES string of the molecule is Cc1c(N=Cc2cc(Br)cc(Br)c2O)cccc1[N+](=O)[O-]. The molecule has 0 aliphatic carbocycles. The Kier molecular flexibility index (Phi) is 4.74. The first-order valence-corrected chi connectivity index (χ1v) is 7.45. The van der Waals surface area contributed by atoms with E-state index in [2.05, 4.69) is 36.9 Å². The van der Waals surface area contributed by atoms with Crippen molar-refractivity contribution in [1.29, 1.82) is 0 Å². The lowest BCUT2D eigenvalue weighted by atomic mass is 10.1. The number of benzene rings is 2. The minimum absolute atomic E-state index is 0.0179. The molecule has 2 aromatic rings. The van der Waals surface area contributed by atoms with E-state index in [0.29, 0.717) is 21.3 Å². The van der Waals surface area contributed by atoms with Gasteiger partial charge in [-0.2, -0.15) is 0 Å². The normalized spacial score (nSPS) is 11.0. The summed E-state index contributed by atoms with van der Waals surface area (Å²) in [6, 6.07) is 8.11. The highest BCUT2D eigenvalue weighted by Gasteiger charge is 2.12. The first kappa shape index (κ1) is 15.7. The lowest BCUT2D eigenvalue weighted by molar-refractivity contribution is -0.385. The quantitative estimate of drug-likeness (QED) is 0.442. The maximum Gasteiger partial charge on any atom is 0.274 e. The van der Waals surface area contributed by atoms with Gasteiger partial charge in [0.1, 0.15) is 5.75 Å². The number of phenolic OH excluding ortho intramolecular Hbond substituents is 1. The lowest BCUT2D eigenvalue weighted by Crippen LogP contribution is -1.91. The molecule has 0 fully saturated rings. The zero-order chi connectivity index (χ0) is 15.6. The van der Waals surface area contributed by atoms with Crippen LogP contribution in [-0.4, -0.2) is 16.2 Å². The molecule has 5 nitrogen and oxygen atoms in total. The zero-order valence-corrected chi connectivity index (χ0v) is 14.1. The number of aromatic hydroxyl groups is 1. The molecule has 7 heteroatoms. The van der Waals surface area contributed by atoms with Crippen molar-refractivity contribution < 1.29 is 10.0 Å². The van der Waals surface area contributed by atoms with Gasteiger partial charge in [0, 0.05) is 22.3 Å². The highest BCUT2D eigenvalue weighted by Crippen LogP contribution is 2.32. The highest BCUT2D eigenvalue weighted by molar-refractivity contribution is 9.11. The van der Waals surface area contributed by atoms with E-state index in [-0.39, 0.29) is 11.4 Å². The second-order valence-corrected chi connectivity index (χ2v) is 6.03. The number of nitro groups is 1. The zero-order valence-electron chi connectivity index (χ0n) is 10.9. The summed E-state index contributed by atoms with van der Waals surface area (Å²) in [5.74, 6) is 0.0602. The van der Waals surface area contributed by atoms with Crippen LogP contribution in [0.15, 0.2) is 44.3 Å². The van der Waals surface area contributed by atoms with Crippen LogP contribution < -0.4 is 0 Å². The molecule has 0 saturated heterocycles. The Morgan fingerprint density at radius 1 is 1.33 bits per heavy atom. The highest BCUT2D eigenvalue weighted by atomic mass is 79.9. The van der Waals surface area contributed by atoms with E-state index >= 15 is 0 Å². The van der Waals surface area contributed by atoms with Crippen LogP contribution in [-0.2, 0) is 0 Å². The monoisotopic (exact) mass is 412 g/mol. The smallest absolute Gasteiger partial charge is 0.274 e. The van der Waals surface area contributed by atoms with E-state index in [1.54, 1.807) is 31.2 Å². The molecule has 1 N–H and O–H groups in total. The molecule has 0 bridgehead atoms. The number of hydrogen-bond donors (Lipinski definition) is 1. The van der Waals surface area contributed by atoms with Gasteiger partial charge in [-0.05, 0) is 41.1 Å². The summed E-state index contributed by atoms with van der Waals surface area (Å²) < 4.78 is 1.32. The first-order valence-electron chi connectivity index (χ1n) is 5.86. The van der Waals surface area contributed by atoms with Crippen LogP contribution in [0.25, 0.3) is 0 Å². The third-order valence-corrected chi connectivity index (χ3v) is 3.94. The fourth-order valence-electron chi connectivity index (χ4n) is 1.77. The van der Waals surface area contributed by atoms with Crippen LogP contribution >= 0.6 is 31.9 Å². The van der Waals surface area contributed by atoms with Gasteiger partial charge in [0.15, 0.2) is 0 Å². The Bertz CT molecular complexity index is 745. The Labute approximate surface area is 137 Å². The minimum atomic E-state index is -0.443. The van der Waals surface area contributed by atoms with Crippen LogP contribution in [0.3, 0.4) is 0 Å². The molecule has 0 aromatic heterocycles. The molecule has 0 spiro atoms. The van der Waals surface area contributed by atoms with Crippen LogP contribution in [0.2, 0.25) is 0 Å². The fraction of sp³-hybridized carbons (Fsp3) is 0.0714. The second-order valence-electron chi connectivity index (χ2n) is 4.26. The second kappa shape index (κ2) is 6.36. The van der Waals surface area contributed by atoms with E-state index in [9.17, 15) is 15.2 Å². The van der Waals surface area contributed by atoms with E-state index in [4.69, 9.17) is 0 Å². The summed E-state index contributed by atoms with van der Waals surface area (Å²) in [5, 5.41) is 20.8. The third kappa shape index (κ3) is 3.48. The van der Waals surface area contributed by atoms with Crippen LogP contribution in [0.4, 0.5) is 11.4 Å². The Balaban J connectivity index is 2.43. The number of halogens is 2. The van der Waals surface area contributed by atoms with Crippen molar-refractivity contribution in [2.24, 2.45) is 4.99 Å². The lowest BCUT2D eigenvalue weighted by Gasteiger charge is -2.04. The molecule has 2 aromatic carbocycles. The summed E-state index contributed by atoms with van der Waals surface area (Å²) in [4.78, 5) is 14.7. The molecule has 0 aliphatic rings. The minimum Gasteiger partial charge on any atom is -0.506 e. The van der Waals surface area contributed by atoms with Crippen molar-refractivity contribution in [3.63, 3.8) is 0 Å². The topological polar surface area (TPSA) is 75.7 Å². The number of nitrogens with zero attached hydrogens (tertiary/aromatic N) is 2. The molecule has 0 amide bonds. The molecule has 21 heavy (non-hydrogen) atoms. The van der Waals surface area contributed by atoms with Gasteiger partial charge >= 0.3 is 0 Å². The van der Waals surface area contributed by atoms with Gasteiger partial charge < -0.3 is 5.11 Å². The third-order valence-electron chi connectivity index (χ3n) is 2.87. The molecule has 2 rings (SSSR count). The molecular formula is C14H10Br2N2O3. The molecule has 108 valence electrons. The van der Waals surface area contributed by atoms with Gasteiger partial charge in [0.2, 0.25) is 0 Å². The van der Waals surface area contributed by atoms with Crippen molar-refractivity contribution in [1.82, 2.24) is 0 Å². The van der Waals surface area contributed by atoms with Gasteiger partial charge in [0.05, 0.1) is 20.6 Å². The average molecular weight is 414 g/mol. The van der Waals surface area contributed by atoms with Gasteiger partial charge in [-0.1, -0.05) is 22.0 Å². The predicted molar refractivity (Wildman–Crippen MR) is 88.6 cm³/mol. The summed E-state index contributed by atoms with van der Waals surface area (Å²) in [6.07, 6.45) is 1.47. The predicted octanol–water partition coefficient (Wildman–Crippen LogP) is 4.88. The van der Waals surface area contributed by atoms with E-state index in [1.165, 1.54) is 12.3 Å². The van der Waals surface area contributed by atoms with Crippen LogP contribution in [0, 0.1) is 17.0 Å². The molecule has 0 heterocycles. The molecular weight excluding hydrogens is 404 g/mol. The Morgan fingerprint density at radius 2 is 2.05 bits per heavy atom. The van der Waals surface area contributed by atoms with Crippen molar-refractivity contribution in [3.05, 3.63) is 60.5 Å². The largest absolute Gasteiger partial charge is 0.506 e. The van der Waals surface area contributed by atoms with Crippen molar-refractivity contribution >= 4 is 49.4 Å². The molecule has 0 radical (unpaired) electrons. The van der Waals surface area contributed by atoms with Crippen molar-refractivity contribution in [2.45, 2.75) is 6.92 Å². The number of phenols is 1. The van der Waals surface area contributed by atoms with Gasteiger partial charge in [-0.25, -0.2) is 0 Å². The van der Waals surface area contributed by atoms with E-state index < -0.39 is 4.92 Å². The molecule has 0 aliphatic heterocycles. The first-order chi connectivity index (χ1) is 9.90. The Hall–Kier alpha value is -1.73. The van der Waals surface area contributed by atoms with E-state index in [1.807, 2.05) is 0 Å². The number of nitro benzene ring substituents is 1. The molecule has 0 atom stereocenters. The van der Waals surface area contributed by atoms with Crippen molar-refractivity contribution in [3.8, 4) is 5.75 Å². The standard InChI is InChI=1S/C14H10Br2N2O3/c1-8-12(3-2-4-13(8)18(20)21)17-7-9-5-10(15)6-11(16)14(9)19/h2-7,19H,1H3. The van der Waals surface area contributed by atoms with Gasteiger partial charge in [-0.3, -0.25) is 15.1 Å². The number of hydrogen-bond acceptors (Lipinski definition) is 4. The summed E-state index contributed by atoms with van der Waals surface area (Å²) >= 11 is 6.56. The van der Waals surface area contributed by atoms with Gasteiger partial charge in [0.25, 0.3) is 5.69 Å². The maximum absolute atomic E-state index is 10.9. The summed E-state index contributed by atoms with van der Waals surface area (Å²) in [5.41, 5.74) is 1.48. The van der Waals surface area contributed by atoms with E-state index in [0.717, 1.165) is 4.47 Å². The Morgan fingerprint density at radius 3 is 2.71 bits per heavy atom.